The maximum atomic E-state index is 14.1. The van der Waals surface area contributed by atoms with Crippen molar-refractivity contribution >= 4 is 10.9 Å². The molecule has 0 aliphatic carbocycles. The smallest absolute Gasteiger partial charge is 0.160 e. The van der Waals surface area contributed by atoms with Gasteiger partial charge in [0, 0.05) is 29.6 Å². The lowest BCUT2D eigenvalue weighted by Gasteiger charge is -2.23. The van der Waals surface area contributed by atoms with Crippen LogP contribution in [0.15, 0.2) is 54.7 Å². The van der Waals surface area contributed by atoms with Gasteiger partial charge in [-0.05, 0) is 30.2 Å². The van der Waals surface area contributed by atoms with Gasteiger partial charge in [-0.15, -0.1) is 0 Å². The third kappa shape index (κ3) is 3.84. The molecule has 1 saturated heterocycles. The maximum absolute atomic E-state index is 14.1. The van der Waals surface area contributed by atoms with E-state index in [1.165, 1.54) is 12.1 Å². The zero-order valence-electron chi connectivity index (χ0n) is 14.4. The van der Waals surface area contributed by atoms with Crippen LogP contribution in [0, 0.1) is 5.82 Å². The average Bonchev–Trinajstić information content (AvgIpc) is 2.68. The minimum atomic E-state index is -0.337. The highest BCUT2D eigenvalue weighted by Gasteiger charge is 2.14. The summed E-state index contributed by atoms with van der Waals surface area (Å²) in [6, 6.07) is 14.5. The standard InChI is InChI=1S/C21H20FNO3/c22-17-12-16(19-6-1-4-15-5-2-8-23-21(15)19)13-18(14-17)24-11-7-20-25-9-3-10-26-20/h1-2,4-6,8,12-14,20H,3,7,9-11H2. The zero-order chi connectivity index (χ0) is 17.8. The van der Waals surface area contributed by atoms with Crippen LogP contribution in [-0.2, 0) is 9.47 Å². The molecule has 0 unspecified atom stereocenters. The van der Waals surface area contributed by atoms with E-state index in [0.717, 1.165) is 28.5 Å². The Bertz CT molecular complexity index is 888. The molecular formula is C21H20FNO3. The summed E-state index contributed by atoms with van der Waals surface area (Å²) in [6.07, 6.45) is 3.04. The van der Waals surface area contributed by atoms with Crippen LogP contribution in [-0.4, -0.2) is 31.1 Å². The zero-order valence-corrected chi connectivity index (χ0v) is 14.4. The number of pyridine rings is 1. The third-order valence-electron chi connectivity index (χ3n) is 4.33. The van der Waals surface area contributed by atoms with Crippen molar-refractivity contribution < 1.29 is 18.6 Å². The average molecular weight is 353 g/mol. The number of fused-ring (bicyclic) bond motifs is 1. The van der Waals surface area contributed by atoms with Crippen molar-refractivity contribution in [2.75, 3.05) is 19.8 Å². The van der Waals surface area contributed by atoms with Gasteiger partial charge >= 0.3 is 0 Å². The monoisotopic (exact) mass is 353 g/mol. The minimum Gasteiger partial charge on any atom is -0.493 e. The summed E-state index contributed by atoms with van der Waals surface area (Å²) in [5, 5.41) is 1.02. The van der Waals surface area contributed by atoms with Crippen molar-refractivity contribution in [2.45, 2.75) is 19.1 Å². The van der Waals surface area contributed by atoms with E-state index in [2.05, 4.69) is 4.98 Å². The number of aromatic nitrogens is 1. The summed E-state index contributed by atoms with van der Waals surface area (Å²) < 4.78 is 30.9. The van der Waals surface area contributed by atoms with Gasteiger partial charge in [0.2, 0.25) is 0 Å². The van der Waals surface area contributed by atoms with Crippen LogP contribution >= 0.6 is 0 Å². The van der Waals surface area contributed by atoms with E-state index in [1.807, 2.05) is 36.4 Å². The lowest BCUT2D eigenvalue weighted by Crippen LogP contribution is -2.26. The van der Waals surface area contributed by atoms with E-state index in [9.17, 15) is 4.39 Å². The predicted molar refractivity (Wildman–Crippen MR) is 97.6 cm³/mol. The van der Waals surface area contributed by atoms with E-state index in [4.69, 9.17) is 14.2 Å². The number of para-hydroxylation sites is 1. The maximum Gasteiger partial charge on any atom is 0.160 e. The lowest BCUT2D eigenvalue weighted by atomic mass is 10.0. The molecule has 5 heteroatoms. The molecule has 0 atom stereocenters. The van der Waals surface area contributed by atoms with E-state index >= 15 is 0 Å². The summed E-state index contributed by atoms with van der Waals surface area (Å²) >= 11 is 0. The van der Waals surface area contributed by atoms with Gasteiger partial charge in [0.1, 0.15) is 11.6 Å². The van der Waals surface area contributed by atoms with Crippen LogP contribution in [0.5, 0.6) is 5.75 Å². The summed E-state index contributed by atoms with van der Waals surface area (Å²) in [6.45, 7) is 1.83. The SMILES string of the molecule is Fc1cc(OCCC2OCCCO2)cc(-c2cccc3cccnc23)c1. The van der Waals surface area contributed by atoms with Crippen LogP contribution in [0.25, 0.3) is 22.0 Å². The number of hydrogen-bond acceptors (Lipinski definition) is 4. The fourth-order valence-electron chi connectivity index (χ4n) is 3.11. The molecule has 4 rings (SSSR count). The van der Waals surface area contributed by atoms with Gasteiger partial charge in [-0.25, -0.2) is 4.39 Å². The lowest BCUT2D eigenvalue weighted by molar-refractivity contribution is -0.183. The van der Waals surface area contributed by atoms with Crippen molar-refractivity contribution in [3.8, 4) is 16.9 Å². The van der Waals surface area contributed by atoms with Gasteiger partial charge in [-0.1, -0.05) is 24.3 Å². The molecule has 134 valence electrons. The summed E-state index contributed by atoms with van der Waals surface area (Å²) in [4.78, 5) is 4.44. The van der Waals surface area contributed by atoms with E-state index in [0.29, 0.717) is 32.0 Å². The quantitative estimate of drug-likeness (QED) is 0.674. The Balaban J connectivity index is 1.54. The third-order valence-corrected chi connectivity index (χ3v) is 4.33. The van der Waals surface area contributed by atoms with Gasteiger partial charge in [0.15, 0.2) is 6.29 Å². The van der Waals surface area contributed by atoms with Gasteiger partial charge in [0.25, 0.3) is 0 Å². The van der Waals surface area contributed by atoms with E-state index < -0.39 is 0 Å². The van der Waals surface area contributed by atoms with Gasteiger partial charge in [-0.3, -0.25) is 4.98 Å². The highest BCUT2D eigenvalue weighted by atomic mass is 19.1. The molecule has 0 N–H and O–H groups in total. The molecule has 1 aliphatic rings. The number of halogens is 1. The molecule has 1 fully saturated rings. The largest absolute Gasteiger partial charge is 0.493 e. The van der Waals surface area contributed by atoms with Crippen LogP contribution < -0.4 is 4.74 Å². The number of benzene rings is 2. The van der Waals surface area contributed by atoms with Crippen LogP contribution in [0.2, 0.25) is 0 Å². The van der Waals surface area contributed by atoms with Crippen LogP contribution in [0.3, 0.4) is 0 Å². The van der Waals surface area contributed by atoms with Gasteiger partial charge in [-0.2, -0.15) is 0 Å². The number of nitrogens with zero attached hydrogens (tertiary/aromatic N) is 1. The first-order valence-electron chi connectivity index (χ1n) is 8.80. The van der Waals surface area contributed by atoms with Gasteiger partial charge in [0.05, 0.1) is 25.3 Å². The van der Waals surface area contributed by atoms with Crippen molar-refractivity contribution in [1.82, 2.24) is 4.98 Å². The topological polar surface area (TPSA) is 40.6 Å². The Hall–Kier alpha value is -2.50. The van der Waals surface area contributed by atoms with E-state index in [1.54, 1.807) is 6.20 Å². The second-order valence-corrected chi connectivity index (χ2v) is 6.22. The molecule has 3 aromatic rings. The van der Waals surface area contributed by atoms with Crippen LogP contribution in [0.4, 0.5) is 4.39 Å². The van der Waals surface area contributed by atoms with Crippen molar-refractivity contribution in [1.29, 1.82) is 0 Å². The van der Waals surface area contributed by atoms with Crippen molar-refractivity contribution in [3.05, 3.63) is 60.5 Å². The first-order chi connectivity index (χ1) is 12.8. The fraction of sp³-hybridized carbons (Fsp3) is 0.286. The fourth-order valence-corrected chi connectivity index (χ4v) is 3.11. The Kier molecular flexibility index (Phi) is 5.09. The molecule has 0 bridgehead atoms. The first-order valence-corrected chi connectivity index (χ1v) is 8.80. The second-order valence-electron chi connectivity index (χ2n) is 6.22. The molecule has 1 aliphatic heterocycles. The summed E-state index contributed by atoms with van der Waals surface area (Å²) in [7, 11) is 0. The Morgan fingerprint density at radius 3 is 2.81 bits per heavy atom. The second kappa shape index (κ2) is 7.81. The first kappa shape index (κ1) is 16.9. The molecule has 0 amide bonds. The predicted octanol–water partition coefficient (Wildman–Crippen LogP) is 4.57. The Morgan fingerprint density at radius 2 is 1.92 bits per heavy atom. The van der Waals surface area contributed by atoms with Crippen molar-refractivity contribution in [3.63, 3.8) is 0 Å². The normalized spacial score (nSPS) is 15.3. The molecule has 1 aromatic heterocycles. The molecule has 2 aromatic carbocycles. The van der Waals surface area contributed by atoms with Gasteiger partial charge < -0.3 is 14.2 Å². The molecule has 0 spiro atoms. The highest BCUT2D eigenvalue weighted by molar-refractivity contribution is 5.93. The molecule has 4 nitrogen and oxygen atoms in total. The van der Waals surface area contributed by atoms with Crippen molar-refractivity contribution in [2.24, 2.45) is 0 Å². The Labute approximate surface area is 151 Å². The molecular weight excluding hydrogens is 333 g/mol. The Morgan fingerprint density at radius 1 is 1.08 bits per heavy atom. The molecule has 2 heterocycles. The molecule has 0 saturated carbocycles. The summed E-state index contributed by atoms with van der Waals surface area (Å²) in [5.41, 5.74) is 2.47. The van der Waals surface area contributed by atoms with Crippen LogP contribution in [0.1, 0.15) is 12.8 Å². The van der Waals surface area contributed by atoms with E-state index in [-0.39, 0.29) is 12.1 Å². The number of ether oxygens (including phenoxy) is 3. The highest BCUT2D eigenvalue weighted by Crippen LogP contribution is 2.30. The summed E-state index contributed by atoms with van der Waals surface area (Å²) in [5.74, 6) is 0.152. The molecule has 26 heavy (non-hydrogen) atoms. The molecule has 0 radical (unpaired) electrons. The minimum absolute atomic E-state index is 0.237. The number of rotatable bonds is 5. The number of hydrogen-bond donors (Lipinski definition) is 0.